The van der Waals surface area contributed by atoms with Crippen LogP contribution in [0.1, 0.15) is 5.56 Å². The highest BCUT2D eigenvalue weighted by Gasteiger charge is 2.34. The molecule has 1 heterocycles. The number of thioether (sulfide) groups is 1. The second-order valence-corrected chi connectivity index (χ2v) is 7.45. The Morgan fingerprint density at radius 2 is 1.92 bits per heavy atom. The van der Waals surface area contributed by atoms with Crippen LogP contribution in [0.25, 0.3) is 6.08 Å². The van der Waals surface area contributed by atoms with Crippen molar-refractivity contribution in [3.63, 3.8) is 0 Å². The molecule has 0 bridgehead atoms. The van der Waals surface area contributed by atoms with Gasteiger partial charge in [-0.25, -0.2) is 0 Å². The van der Waals surface area contributed by atoms with Crippen LogP contribution in [0.2, 0.25) is 10.0 Å². The van der Waals surface area contributed by atoms with Gasteiger partial charge >= 0.3 is 0 Å². The van der Waals surface area contributed by atoms with E-state index in [0.717, 1.165) is 11.8 Å². The topological polar surface area (TPSA) is 63.4 Å². The van der Waals surface area contributed by atoms with Crippen LogP contribution in [0.5, 0.6) is 0 Å². The quantitative estimate of drug-likeness (QED) is 0.297. The molecule has 0 unspecified atom stereocenters. The van der Waals surface area contributed by atoms with Crippen LogP contribution >= 0.6 is 47.2 Å². The molecule has 25 heavy (non-hydrogen) atoms. The van der Waals surface area contributed by atoms with Crippen molar-refractivity contribution in [3.05, 3.63) is 73.1 Å². The first-order chi connectivity index (χ1) is 11.9. The van der Waals surface area contributed by atoms with E-state index in [4.69, 9.17) is 35.4 Å². The summed E-state index contributed by atoms with van der Waals surface area (Å²) in [6.45, 7) is 0. The van der Waals surface area contributed by atoms with Gasteiger partial charge in [0.15, 0.2) is 4.32 Å². The summed E-state index contributed by atoms with van der Waals surface area (Å²) in [6, 6.07) is 10.9. The standard InChI is InChI=1S/C16H8Cl2N2O3S2/c17-10-5-6-13(11(18)8-10)19-15(21)14(25-16(19)24)7-9-3-1-2-4-12(9)20(22)23/h1-8H/b14-7-. The molecule has 1 saturated heterocycles. The molecule has 1 amide bonds. The summed E-state index contributed by atoms with van der Waals surface area (Å²) in [7, 11) is 0. The lowest BCUT2D eigenvalue weighted by Crippen LogP contribution is -2.27. The summed E-state index contributed by atoms with van der Waals surface area (Å²) in [5.74, 6) is -0.391. The monoisotopic (exact) mass is 410 g/mol. The number of nitro groups is 1. The summed E-state index contributed by atoms with van der Waals surface area (Å²) >= 11 is 18.4. The van der Waals surface area contributed by atoms with Crippen LogP contribution < -0.4 is 4.90 Å². The van der Waals surface area contributed by atoms with Crippen molar-refractivity contribution in [1.82, 2.24) is 0 Å². The lowest BCUT2D eigenvalue weighted by molar-refractivity contribution is -0.385. The Labute approximate surface area is 162 Å². The highest BCUT2D eigenvalue weighted by molar-refractivity contribution is 8.27. The first kappa shape index (κ1) is 17.9. The Hall–Kier alpha value is -1.93. The number of benzene rings is 2. The Morgan fingerprint density at radius 3 is 2.60 bits per heavy atom. The van der Waals surface area contributed by atoms with Crippen LogP contribution in [0, 0.1) is 10.1 Å². The number of amides is 1. The molecule has 2 aromatic rings. The van der Waals surface area contributed by atoms with E-state index in [0.29, 0.717) is 20.6 Å². The zero-order chi connectivity index (χ0) is 18.1. The van der Waals surface area contributed by atoms with Crippen LogP contribution in [0.4, 0.5) is 11.4 Å². The largest absolute Gasteiger partial charge is 0.276 e. The van der Waals surface area contributed by atoms with Gasteiger partial charge in [0.25, 0.3) is 11.6 Å². The maximum Gasteiger partial charge on any atom is 0.276 e. The average molecular weight is 411 g/mol. The van der Waals surface area contributed by atoms with Crippen molar-refractivity contribution in [2.75, 3.05) is 4.90 Å². The first-order valence-corrected chi connectivity index (χ1v) is 8.83. The predicted octanol–water partition coefficient (Wildman–Crippen LogP) is 5.31. The SMILES string of the molecule is O=C1/C(=C/c2ccccc2[N+](=O)[O-])SC(=S)N1c1ccc(Cl)cc1Cl. The van der Waals surface area contributed by atoms with Crippen molar-refractivity contribution < 1.29 is 9.72 Å². The highest BCUT2D eigenvalue weighted by Crippen LogP contribution is 2.40. The Morgan fingerprint density at radius 1 is 1.20 bits per heavy atom. The fourth-order valence-electron chi connectivity index (χ4n) is 2.26. The number of rotatable bonds is 3. The number of carbonyl (C=O) groups is 1. The smallest absolute Gasteiger partial charge is 0.268 e. The molecule has 9 heteroatoms. The number of carbonyl (C=O) groups excluding carboxylic acids is 1. The van der Waals surface area contributed by atoms with E-state index in [-0.39, 0.29) is 15.6 Å². The molecule has 0 N–H and O–H groups in total. The lowest BCUT2D eigenvalue weighted by Gasteiger charge is -2.16. The Kier molecular flexibility index (Phi) is 5.10. The number of nitrogens with zero attached hydrogens (tertiary/aromatic N) is 2. The normalized spacial score (nSPS) is 15.9. The minimum Gasteiger partial charge on any atom is -0.268 e. The van der Waals surface area contributed by atoms with Gasteiger partial charge in [-0.15, -0.1) is 0 Å². The molecule has 1 fully saturated rings. The molecule has 0 atom stereocenters. The molecule has 1 aliphatic heterocycles. The summed E-state index contributed by atoms with van der Waals surface area (Å²) in [5.41, 5.74) is 0.659. The summed E-state index contributed by atoms with van der Waals surface area (Å²) in [5, 5.41) is 11.8. The van der Waals surface area contributed by atoms with Crippen LogP contribution in [-0.4, -0.2) is 15.2 Å². The molecule has 2 aromatic carbocycles. The number of para-hydroxylation sites is 1. The van der Waals surface area contributed by atoms with Crippen molar-refractivity contribution in [2.45, 2.75) is 0 Å². The molecule has 0 saturated carbocycles. The van der Waals surface area contributed by atoms with Gasteiger partial charge in [0.2, 0.25) is 0 Å². The van der Waals surface area contributed by atoms with Gasteiger partial charge < -0.3 is 0 Å². The molecule has 3 rings (SSSR count). The van der Waals surface area contributed by atoms with Crippen LogP contribution in [0.3, 0.4) is 0 Å². The third kappa shape index (κ3) is 3.55. The summed E-state index contributed by atoms with van der Waals surface area (Å²) in [6.07, 6.45) is 1.46. The summed E-state index contributed by atoms with van der Waals surface area (Å²) in [4.78, 5) is 24.9. The lowest BCUT2D eigenvalue weighted by atomic mass is 10.1. The van der Waals surface area contributed by atoms with Crippen molar-refractivity contribution >= 4 is 74.9 Å². The molecule has 126 valence electrons. The number of hydrogen-bond acceptors (Lipinski definition) is 5. The molecule has 1 aliphatic rings. The fourth-order valence-corrected chi connectivity index (χ4v) is 4.02. The Bertz CT molecular complexity index is 947. The molecule has 5 nitrogen and oxygen atoms in total. The average Bonchev–Trinajstić information content (AvgIpc) is 2.82. The number of hydrogen-bond donors (Lipinski definition) is 0. The molecular formula is C16H8Cl2N2O3S2. The maximum absolute atomic E-state index is 12.7. The number of nitro benzene ring substituents is 1. The molecule has 0 spiro atoms. The first-order valence-electron chi connectivity index (χ1n) is 6.85. The molecular weight excluding hydrogens is 403 g/mol. The van der Waals surface area contributed by atoms with Crippen LogP contribution in [0.15, 0.2) is 47.4 Å². The second-order valence-electron chi connectivity index (χ2n) is 4.93. The summed E-state index contributed by atoms with van der Waals surface area (Å²) < 4.78 is 0.291. The van der Waals surface area contributed by atoms with Gasteiger partial charge in [0.05, 0.1) is 26.1 Å². The highest BCUT2D eigenvalue weighted by atomic mass is 35.5. The number of anilines is 1. The third-order valence-corrected chi connectivity index (χ3v) is 5.20. The van der Waals surface area contributed by atoms with Crippen molar-refractivity contribution in [2.24, 2.45) is 0 Å². The van der Waals surface area contributed by atoms with E-state index in [1.54, 1.807) is 30.3 Å². The van der Waals surface area contributed by atoms with E-state index < -0.39 is 10.8 Å². The van der Waals surface area contributed by atoms with Crippen LogP contribution in [-0.2, 0) is 4.79 Å². The maximum atomic E-state index is 12.7. The van der Waals surface area contributed by atoms with Crippen molar-refractivity contribution in [3.8, 4) is 0 Å². The van der Waals surface area contributed by atoms with E-state index in [9.17, 15) is 14.9 Å². The van der Waals surface area contributed by atoms with E-state index >= 15 is 0 Å². The van der Waals surface area contributed by atoms with E-state index in [2.05, 4.69) is 0 Å². The van der Waals surface area contributed by atoms with E-state index in [1.807, 2.05) is 0 Å². The second kappa shape index (κ2) is 7.13. The van der Waals surface area contributed by atoms with Gasteiger partial charge in [0, 0.05) is 11.1 Å². The van der Waals surface area contributed by atoms with Gasteiger partial charge in [-0.05, 0) is 30.3 Å². The molecule has 0 aromatic heterocycles. The third-order valence-electron chi connectivity index (χ3n) is 3.36. The zero-order valence-corrected chi connectivity index (χ0v) is 15.5. The predicted molar refractivity (Wildman–Crippen MR) is 105 cm³/mol. The fraction of sp³-hybridized carbons (Fsp3) is 0. The number of thiocarbonyl (C=S) groups is 1. The van der Waals surface area contributed by atoms with Crippen molar-refractivity contribution in [1.29, 1.82) is 0 Å². The van der Waals surface area contributed by atoms with Gasteiger partial charge in [0.1, 0.15) is 0 Å². The number of halogens is 2. The van der Waals surface area contributed by atoms with Gasteiger partial charge in [-0.3, -0.25) is 19.8 Å². The zero-order valence-electron chi connectivity index (χ0n) is 12.3. The molecule has 0 radical (unpaired) electrons. The van der Waals surface area contributed by atoms with Gasteiger partial charge in [-0.2, -0.15) is 0 Å². The Balaban J connectivity index is 2.01. The minimum atomic E-state index is -0.497. The van der Waals surface area contributed by atoms with E-state index in [1.165, 1.54) is 23.1 Å². The van der Waals surface area contributed by atoms with Gasteiger partial charge in [-0.1, -0.05) is 59.3 Å². The minimum absolute atomic E-state index is 0.0858. The molecule has 0 aliphatic carbocycles.